The van der Waals surface area contributed by atoms with E-state index in [1.165, 1.54) is 6.08 Å². The van der Waals surface area contributed by atoms with Gasteiger partial charge in [-0.1, -0.05) is 31.9 Å². The summed E-state index contributed by atoms with van der Waals surface area (Å²) < 4.78 is 28.5. The van der Waals surface area contributed by atoms with Gasteiger partial charge in [0.1, 0.15) is 17.4 Å². The van der Waals surface area contributed by atoms with Gasteiger partial charge in [-0.3, -0.25) is 4.79 Å². The van der Waals surface area contributed by atoms with Crippen LogP contribution in [0.1, 0.15) is 38.2 Å². The maximum Gasteiger partial charge on any atom is 0.262 e. The number of rotatable bonds is 8. The summed E-state index contributed by atoms with van der Waals surface area (Å²) in [6.07, 6.45) is 5.15. The van der Waals surface area contributed by atoms with E-state index in [4.69, 9.17) is 4.74 Å². The lowest BCUT2D eigenvalue weighted by Crippen LogP contribution is -2.36. The van der Waals surface area contributed by atoms with Crippen LogP contribution in [0.3, 0.4) is 0 Å². The first-order valence-corrected chi connectivity index (χ1v) is 10.6. The van der Waals surface area contributed by atoms with Gasteiger partial charge in [-0.15, -0.1) is 0 Å². The van der Waals surface area contributed by atoms with E-state index in [9.17, 15) is 18.5 Å². The predicted octanol–water partition coefficient (Wildman–Crippen LogP) is 2.47. The van der Waals surface area contributed by atoms with Crippen molar-refractivity contribution in [3.05, 3.63) is 35.4 Å². The lowest BCUT2D eigenvalue weighted by molar-refractivity contribution is -0.117. The fourth-order valence-corrected chi connectivity index (χ4v) is 4.36. The Labute approximate surface area is 154 Å². The van der Waals surface area contributed by atoms with E-state index < -0.39 is 21.8 Å². The number of carbonyl (C=O) groups is 1. The molecule has 1 N–H and O–H groups in total. The van der Waals surface area contributed by atoms with Gasteiger partial charge in [0.2, 0.25) is 0 Å². The molecule has 1 aromatic carbocycles. The van der Waals surface area contributed by atoms with Crippen LogP contribution in [0.25, 0.3) is 6.08 Å². The summed E-state index contributed by atoms with van der Waals surface area (Å²) in [4.78, 5) is 12.2. The number of sulfone groups is 1. The smallest absolute Gasteiger partial charge is 0.262 e. The maximum absolute atomic E-state index is 12.2. The van der Waals surface area contributed by atoms with Crippen molar-refractivity contribution in [2.24, 2.45) is 0 Å². The number of unbranched alkanes of at least 4 members (excludes halogenated alkanes) is 2. The summed E-state index contributed by atoms with van der Waals surface area (Å²) in [5, 5.41) is 11.9. The van der Waals surface area contributed by atoms with Gasteiger partial charge in [-0.25, -0.2) is 8.42 Å². The third kappa shape index (κ3) is 6.19. The van der Waals surface area contributed by atoms with Crippen molar-refractivity contribution in [3.8, 4) is 11.8 Å². The van der Waals surface area contributed by atoms with Crippen molar-refractivity contribution in [2.45, 2.75) is 38.6 Å². The van der Waals surface area contributed by atoms with Gasteiger partial charge in [0.15, 0.2) is 9.84 Å². The summed E-state index contributed by atoms with van der Waals surface area (Å²) in [5.74, 6) is 0.206. The molecular weight excluding hydrogens is 352 g/mol. The van der Waals surface area contributed by atoms with E-state index >= 15 is 0 Å². The van der Waals surface area contributed by atoms with Crippen LogP contribution in [0.2, 0.25) is 0 Å². The molecule has 0 unspecified atom stereocenters. The van der Waals surface area contributed by atoms with Crippen LogP contribution >= 0.6 is 0 Å². The van der Waals surface area contributed by atoms with Crippen LogP contribution in [0.4, 0.5) is 0 Å². The van der Waals surface area contributed by atoms with Gasteiger partial charge in [0.25, 0.3) is 5.91 Å². The predicted molar refractivity (Wildman–Crippen MR) is 100 cm³/mol. The number of hydrogen-bond donors (Lipinski definition) is 1. The highest BCUT2D eigenvalue weighted by Gasteiger charge is 2.29. The van der Waals surface area contributed by atoms with Gasteiger partial charge < -0.3 is 10.1 Å². The number of carbonyl (C=O) groups excluding carboxylic acids is 1. The highest BCUT2D eigenvalue weighted by Crippen LogP contribution is 2.16. The molecule has 1 aliphatic heterocycles. The van der Waals surface area contributed by atoms with E-state index in [1.54, 1.807) is 24.3 Å². The van der Waals surface area contributed by atoms with Crippen molar-refractivity contribution in [1.29, 1.82) is 5.26 Å². The largest absolute Gasteiger partial charge is 0.494 e. The monoisotopic (exact) mass is 376 g/mol. The fourth-order valence-electron chi connectivity index (χ4n) is 2.69. The molecule has 0 saturated carbocycles. The average molecular weight is 376 g/mol. The summed E-state index contributed by atoms with van der Waals surface area (Å²) in [5.41, 5.74) is 0.655. The fraction of sp³-hybridized carbons (Fsp3) is 0.474. The third-order valence-corrected chi connectivity index (χ3v) is 5.91. The van der Waals surface area contributed by atoms with Crippen molar-refractivity contribution in [3.63, 3.8) is 0 Å². The van der Waals surface area contributed by atoms with Crippen molar-refractivity contribution in [1.82, 2.24) is 5.32 Å². The first-order chi connectivity index (χ1) is 12.4. The van der Waals surface area contributed by atoms with Crippen LogP contribution < -0.4 is 10.1 Å². The van der Waals surface area contributed by atoms with Crippen LogP contribution in [0.5, 0.6) is 5.75 Å². The summed E-state index contributed by atoms with van der Waals surface area (Å²) in [6.45, 7) is 2.80. The zero-order chi connectivity index (χ0) is 19.0. The van der Waals surface area contributed by atoms with E-state index in [1.807, 2.05) is 6.07 Å². The molecule has 0 spiro atoms. The number of hydrogen-bond acceptors (Lipinski definition) is 5. The molecule has 1 aromatic rings. The van der Waals surface area contributed by atoms with Gasteiger partial charge >= 0.3 is 0 Å². The topological polar surface area (TPSA) is 96.3 Å². The Morgan fingerprint density at radius 3 is 2.65 bits per heavy atom. The molecule has 0 aliphatic carbocycles. The van der Waals surface area contributed by atoms with E-state index in [2.05, 4.69) is 12.2 Å². The van der Waals surface area contributed by atoms with Crippen molar-refractivity contribution >= 4 is 21.8 Å². The molecule has 1 saturated heterocycles. The Hall–Kier alpha value is -2.33. The van der Waals surface area contributed by atoms with Crippen LogP contribution in [-0.4, -0.2) is 38.5 Å². The molecule has 1 heterocycles. The molecule has 1 fully saturated rings. The number of nitrogens with one attached hydrogen (secondary N) is 1. The lowest BCUT2D eigenvalue weighted by Gasteiger charge is -2.10. The normalized spacial score (nSPS) is 18.9. The standard InChI is InChI=1S/C19H24N2O4S/c1-2-3-4-10-25-18-7-5-15(6-8-18)12-16(13-20)19(22)21-17-9-11-26(23,24)14-17/h5-8,12,17H,2-4,9-11,14H2,1H3,(H,21,22)/b16-12+/t17-/m1/s1. The number of benzene rings is 1. The molecule has 1 amide bonds. The second kappa shape index (κ2) is 9.39. The summed E-state index contributed by atoms with van der Waals surface area (Å²) in [6, 6.07) is 8.60. The molecule has 7 heteroatoms. The molecule has 1 atom stereocenters. The molecule has 2 rings (SSSR count). The second-order valence-corrected chi connectivity index (χ2v) is 8.60. The van der Waals surface area contributed by atoms with Gasteiger partial charge in [-0.05, 0) is 36.6 Å². The Balaban J connectivity index is 1.95. The van der Waals surface area contributed by atoms with E-state index in [-0.39, 0.29) is 17.1 Å². The average Bonchev–Trinajstić information content (AvgIpc) is 2.96. The first kappa shape index (κ1) is 20.0. The molecule has 26 heavy (non-hydrogen) atoms. The Morgan fingerprint density at radius 2 is 2.08 bits per heavy atom. The zero-order valence-electron chi connectivity index (χ0n) is 14.9. The Morgan fingerprint density at radius 1 is 1.35 bits per heavy atom. The highest BCUT2D eigenvalue weighted by molar-refractivity contribution is 7.91. The number of ether oxygens (including phenoxy) is 1. The third-order valence-electron chi connectivity index (χ3n) is 4.14. The second-order valence-electron chi connectivity index (χ2n) is 6.37. The Kier molecular flexibility index (Phi) is 7.22. The number of nitriles is 1. The number of amides is 1. The summed E-state index contributed by atoms with van der Waals surface area (Å²) >= 11 is 0. The maximum atomic E-state index is 12.2. The van der Waals surface area contributed by atoms with Crippen LogP contribution in [0, 0.1) is 11.3 Å². The number of nitrogens with zero attached hydrogens (tertiary/aromatic N) is 1. The zero-order valence-corrected chi connectivity index (χ0v) is 15.7. The molecule has 0 aromatic heterocycles. The lowest BCUT2D eigenvalue weighted by atomic mass is 10.1. The Bertz CT molecular complexity index is 792. The highest BCUT2D eigenvalue weighted by atomic mass is 32.2. The SMILES string of the molecule is CCCCCOc1ccc(/C=C(\C#N)C(=O)N[C@@H]2CCS(=O)(=O)C2)cc1. The minimum atomic E-state index is -3.08. The van der Waals surface area contributed by atoms with Crippen molar-refractivity contribution in [2.75, 3.05) is 18.1 Å². The summed E-state index contributed by atoms with van der Waals surface area (Å²) in [7, 11) is -3.08. The van der Waals surface area contributed by atoms with Crippen LogP contribution in [0.15, 0.2) is 29.8 Å². The molecule has 0 radical (unpaired) electrons. The quantitative estimate of drug-likeness (QED) is 0.427. The van der Waals surface area contributed by atoms with Gasteiger partial charge in [0, 0.05) is 6.04 Å². The molecule has 0 bridgehead atoms. The van der Waals surface area contributed by atoms with Crippen molar-refractivity contribution < 1.29 is 17.9 Å². The van der Waals surface area contributed by atoms with E-state index in [0.29, 0.717) is 18.6 Å². The molecule has 6 nitrogen and oxygen atoms in total. The minimum absolute atomic E-state index is 0.0501. The van der Waals surface area contributed by atoms with E-state index in [0.717, 1.165) is 25.0 Å². The molecular formula is C19H24N2O4S. The minimum Gasteiger partial charge on any atom is -0.494 e. The van der Waals surface area contributed by atoms with Gasteiger partial charge in [-0.2, -0.15) is 5.26 Å². The molecule has 1 aliphatic rings. The first-order valence-electron chi connectivity index (χ1n) is 8.79. The van der Waals surface area contributed by atoms with Crippen LogP contribution in [-0.2, 0) is 14.6 Å². The van der Waals surface area contributed by atoms with Gasteiger partial charge in [0.05, 0.1) is 18.1 Å². The molecule has 140 valence electrons.